The molecule has 7 heteroatoms. The van der Waals surface area contributed by atoms with Gasteiger partial charge in [-0.15, -0.1) is 0 Å². The van der Waals surface area contributed by atoms with Gasteiger partial charge in [-0.3, -0.25) is 9.58 Å². The first-order valence-electron chi connectivity index (χ1n) is 6.42. The van der Waals surface area contributed by atoms with Gasteiger partial charge in [0.15, 0.2) is 0 Å². The summed E-state index contributed by atoms with van der Waals surface area (Å²) < 4.78 is 9.36. The Labute approximate surface area is 141 Å². The van der Waals surface area contributed by atoms with Gasteiger partial charge in [0.05, 0.1) is 27.9 Å². The molecule has 0 bridgehead atoms. The summed E-state index contributed by atoms with van der Waals surface area (Å²) in [6, 6.07) is 0. The Morgan fingerprint density at radius 3 is 2.60 bits per heavy atom. The first-order valence-corrected chi connectivity index (χ1v) is 8.30. The molecule has 0 aromatic carbocycles. The van der Waals surface area contributed by atoms with Gasteiger partial charge in [-0.1, -0.05) is 0 Å². The van der Waals surface area contributed by atoms with Crippen LogP contribution in [0.4, 0.5) is 4.79 Å². The van der Waals surface area contributed by atoms with E-state index in [2.05, 4.69) is 43.6 Å². The average molecular weight is 456 g/mol. The highest BCUT2D eigenvalue weighted by molar-refractivity contribution is 14.1. The molecule has 0 aliphatic carbocycles. The van der Waals surface area contributed by atoms with E-state index >= 15 is 0 Å². The number of rotatable bonds is 0. The lowest BCUT2D eigenvalue weighted by Gasteiger charge is -2.42. The average Bonchev–Trinajstić information content (AvgIpc) is 2.48. The largest absolute Gasteiger partial charge is 0.444 e. The summed E-state index contributed by atoms with van der Waals surface area (Å²) >= 11 is 5.69. The van der Waals surface area contributed by atoms with Crippen LogP contribution in [0.3, 0.4) is 0 Å². The van der Waals surface area contributed by atoms with Crippen LogP contribution >= 0.6 is 38.5 Å². The van der Waals surface area contributed by atoms with Crippen molar-refractivity contribution in [3.8, 4) is 0 Å². The van der Waals surface area contributed by atoms with Crippen LogP contribution in [0, 0.1) is 3.57 Å². The molecule has 2 rings (SSSR count). The van der Waals surface area contributed by atoms with Gasteiger partial charge in [-0.25, -0.2) is 4.79 Å². The summed E-state index contributed by atoms with van der Waals surface area (Å²) in [5, 5.41) is 4.46. The van der Waals surface area contributed by atoms with Crippen LogP contribution in [0.25, 0.3) is 0 Å². The summed E-state index contributed by atoms with van der Waals surface area (Å²) in [5.74, 6) is 0. The fraction of sp³-hybridized carbons (Fsp3) is 0.692. The van der Waals surface area contributed by atoms with E-state index in [1.165, 1.54) is 0 Å². The molecule has 0 N–H and O–H groups in total. The van der Waals surface area contributed by atoms with E-state index in [-0.39, 0.29) is 11.6 Å². The van der Waals surface area contributed by atoms with E-state index in [0.717, 1.165) is 13.9 Å². The predicted octanol–water partition coefficient (Wildman–Crippen LogP) is 3.78. The molecule has 112 valence electrons. The monoisotopic (exact) mass is 455 g/mol. The number of halogens is 2. The number of fused-ring (bicyclic) bond motifs is 1. The molecular formula is C13H19BrIN3O2. The third kappa shape index (κ3) is 3.13. The fourth-order valence-corrected chi connectivity index (χ4v) is 3.15. The molecule has 1 amide bonds. The maximum absolute atomic E-state index is 12.4. The second kappa shape index (κ2) is 5.15. The van der Waals surface area contributed by atoms with E-state index in [1.54, 1.807) is 4.90 Å². The summed E-state index contributed by atoms with van der Waals surface area (Å²) in [5.41, 5.74) is 0.227. The first kappa shape index (κ1) is 16.1. The zero-order valence-electron chi connectivity index (χ0n) is 12.3. The van der Waals surface area contributed by atoms with Crippen molar-refractivity contribution in [3.05, 3.63) is 13.9 Å². The summed E-state index contributed by atoms with van der Waals surface area (Å²) in [7, 11) is 0. The molecule has 0 atom stereocenters. The Kier molecular flexibility index (Phi) is 4.14. The molecule has 1 aliphatic rings. The molecule has 0 unspecified atom stereocenters. The van der Waals surface area contributed by atoms with Gasteiger partial charge in [-0.05, 0) is 73.1 Å². The van der Waals surface area contributed by atoms with Crippen molar-refractivity contribution in [1.82, 2.24) is 14.7 Å². The fourth-order valence-electron chi connectivity index (χ4n) is 2.17. The summed E-state index contributed by atoms with van der Waals surface area (Å²) in [4.78, 5) is 14.2. The lowest BCUT2D eigenvalue weighted by atomic mass is 10.0. The van der Waals surface area contributed by atoms with Crippen molar-refractivity contribution in [3.63, 3.8) is 0 Å². The number of nitrogens with zero attached hydrogens (tertiary/aromatic N) is 3. The number of hydrogen-bond donors (Lipinski definition) is 0. The molecule has 20 heavy (non-hydrogen) atoms. The van der Waals surface area contributed by atoms with Gasteiger partial charge in [0, 0.05) is 0 Å². The quantitative estimate of drug-likeness (QED) is 0.559. The molecule has 1 aromatic heterocycles. The van der Waals surface area contributed by atoms with Crippen molar-refractivity contribution in [1.29, 1.82) is 0 Å². The molecule has 1 aliphatic heterocycles. The minimum atomic E-state index is -0.488. The number of carbonyl (C=O) groups excluding carboxylic acids is 1. The Hall–Kier alpha value is -0.310. The summed E-state index contributed by atoms with van der Waals surface area (Å²) in [6.45, 7) is 10.9. The van der Waals surface area contributed by atoms with Gasteiger partial charge in [-0.2, -0.15) is 5.10 Å². The summed E-state index contributed by atoms with van der Waals surface area (Å²) in [6.07, 6.45) is -0.276. The third-order valence-electron chi connectivity index (χ3n) is 3.14. The minimum absolute atomic E-state index is 0.276. The van der Waals surface area contributed by atoms with Gasteiger partial charge in [0.2, 0.25) is 0 Å². The standard InChI is InChI=1S/C13H19BrIN3O2/c1-12(2,3)20-11(19)17-6-8-9(15)10(14)16-18(8)7-13(17,4)5/h6-7H2,1-5H3. The molecule has 1 aromatic rings. The first-order chi connectivity index (χ1) is 9.01. The number of aromatic nitrogens is 2. The van der Waals surface area contributed by atoms with Crippen LogP contribution in [0.2, 0.25) is 0 Å². The maximum Gasteiger partial charge on any atom is 0.411 e. The molecule has 0 saturated heterocycles. The minimum Gasteiger partial charge on any atom is -0.444 e. The highest BCUT2D eigenvalue weighted by Gasteiger charge is 2.40. The smallest absolute Gasteiger partial charge is 0.411 e. The molecule has 5 nitrogen and oxygen atoms in total. The van der Waals surface area contributed by atoms with Crippen LogP contribution < -0.4 is 0 Å². The lowest BCUT2D eigenvalue weighted by molar-refractivity contribution is -0.0112. The van der Waals surface area contributed by atoms with Crippen molar-refractivity contribution < 1.29 is 9.53 Å². The molecule has 2 heterocycles. The maximum atomic E-state index is 12.4. The topological polar surface area (TPSA) is 47.4 Å². The number of hydrogen-bond acceptors (Lipinski definition) is 3. The number of carbonyl (C=O) groups is 1. The molecule has 0 saturated carbocycles. The van der Waals surface area contributed by atoms with Crippen LogP contribution in [-0.4, -0.2) is 31.9 Å². The van der Waals surface area contributed by atoms with Crippen LogP contribution in [0.1, 0.15) is 40.3 Å². The Balaban J connectivity index is 2.31. The van der Waals surface area contributed by atoms with Crippen molar-refractivity contribution >= 4 is 44.6 Å². The van der Waals surface area contributed by atoms with Gasteiger partial charge in [0.1, 0.15) is 10.2 Å². The lowest BCUT2D eigenvalue weighted by Crippen LogP contribution is -2.54. The van der Waals surface area contributed by atoms with Crippen molar-refractivity contribution in [2.75, 3.05) is 0 Å². The predicted molar refractivity (Wildman–Crippen MR) is 88.5 cm³/mol. The van der Waals surface area contributed by atoms with Gasteiger partial charge in [0.25, 0.3) is 0 Å². The number of amides is 1. The van der Waals surface area contributed by atoms with E-state index in [1.807, 2.05) is 39.3 Å². The normalized spacial score (nSPS) is 17.9. The molecule has 0 radical (unpaired) electrons. The third-order valence-corrected chi connectivity index (χ3v) is 5.57. The van der Waals surface area contributed by atoms with Crippen LogP contribution in [-0.2, 0) is 17.8 Å². The highest BCUT2D eigenvalue weighted by atomic mass is 127. The van der Waals surface area contributed by atoms with Crippen molar-refractivity contribution in [2.45, 2.75) is 58.8 Å². The SMILES string of the molecule is CC(C)(C)OC(=O)N1Cc2c(I)c(Br)nn2CC1(C)C. The Morgan fingerprint density at radius 2 is 2.05 bits per heavy atom. The van der Waals surface area contributed by atoms with E-state index in [4.69, 9.17) is 4.74 Å². The molecular weight excluding hydrogens is 437 g/mol. The van der Waals surface area contributed by atoms with Crippen LogP contribution in [0.15, 0.2) is 4.60 Å². The van der Waals surface area contributed by atoms with E-state index in [9.17, 15) is 4.79 Å². The second-order valence-corrected chi connectivity index (χ2v) is 8.42. The Morgan fingerprint density at radius 1 is 1.45 bits per heavy atom. The van der Waals surface area contributed by atoms with Crippen molar-refractivity contribution in [2.24, 2.45) is 0 Å². The van der Waals surface area contributed by atoms with E-state index in [0.29, 0.717) is 13.1 Å². The van der Waals surface area contributed by atoms with Crippen LogP contribution in [0.5, 0.6) is 0 Å². The van der Waals surface area contributed by atoms with Gasteiger partial charge >= 0.3 is 6.09 Å². The molecule has 0 fully saturated rings. The highest BCUT2D eigenvalue weighted by Crippen LogP contribution is 2.32. The molecule has 0 spiro atoms. The number of ether oxygens (including phenoxy) is 1. The van der Waals surface area contributed by atoms with Gasteiger partial charge < -0.3 is 4.74 Å². The zero-order valence-corrected chi connectivity index (χ0v) is 16.1. The van der Waals surface area contributed by atoms with E-state index < -0.39 is 5.60 Å². The Bertz CT molecular complexity index is 549. The second-order valence-electron chi connectivity index (χ2n) is 6.59. The zero-order chi connectivity index (χ0) is 15.3.